The predicted molar refractivity (Wildman–Crippen MR) is 100.0 cm³/mol. The molecule has 2 heterocycles. The largest absolute Gasteiger partial charge is 0.451 e. The van der Waals surface area contributed by atoms with Gasteiger partial charge < -0.3 is 14.3 Å². The Morgan fingerprint density at radius 2 is 1.86 bits per heavy atom. The summed E-state index contributed by atoms with van der Waals surface area (Å²) < 4.78 is 24.8. The van der Waals surface area contributed by atoms with Crippen LogP contribution in [0.1, 0.15) is 60.8 Å². The van der Waals surface area contributed by atoms with Gasteiger partial charge >= 0.3 is 0 Å². The summed E-state index contributed by atoms with van der Waals surface area (Å²) in [5, 5.41) is 7.17. The maximum Gasteiger partial charge on any atom is 0.287 e. The highest BCUT2D eigenvalue weighted by Crippen LogP contribution is 2.35. The molecule has 146 valence electrons. The molecule has 1 N–H and O–H groups in total. The number of aryl methyl sites for hydroxylation is 1. The fourth-order valence-electron chi connectivity index (χ4n) is 3.77. The molecule has 0 aliphatic heterocycles. The van der Waals surface area contributed by atoms with E-state index in [1.165, 1.54) is 6.07 Å². The molecule has 0 saturated heterocycles. The number of hydrogen-bond acceptors (Lipinski definition) is 5. The van der Waals surface area contributed by atoms with Gasteiger partial charge in [-0.05, 0) is 37.1 Å². The number of carbonyl (C=O) groups excluding carboxylic acids is 1. The van der Waals surface area contributed by atoms with E-state index in [2.05, 4.69) is 15.5 Å². The first kappa shape index (κ1) is 18.4. The fraction of sp³-hybridized carbons (Fsp3) is 0.381. The van der Waals surface area contributed by atoms with Crippen molar-refractivity contribution in [1.29, 1.82) is 0 Å². The predicted octanol–water partition coefficient (Wildman–Crippen LogP) is 4.76. The fourth-order valence-corrected chi connectivity index (χ4v) is 3.77. The van der Waals surface area contributed by atoms with Gasteiger partial charge in [0.1, 0.15) is 17.1 Å². The number of furan rings is 1. The lowest BCUT2D eigenvalue weighted by molar-refractivity contribution is 0.0848. The summed E-state index contributed by atoms with van der Waals surface area (Å²) in [6.07, 6.45) is 5.61. The van der Waals surface area contributed by atoms with Crippen LogP contribution >= 0.6 is 0 Å². The number of rotatable bonds is 4. The van der Waals surface area contributed by atoms with E-state index < -0.39 is 11.4 Å². The van der Waals surface area contributed by atoms with Crippen LogP contribution in [0.25, 0.3) is 11.3 Å². The van der Waals surface area contributed by atoms with Gasteiger partial charge in [-0.15, -0.1) is 0 Å². The van der Waals surface area contributed by atoms with Crippen LogP contribution in [0.15, 0.2) is 45.3 Å². The number of amides is 1. The van der Waals surface area contributed by atoms with Gasteiger partial charge in [0, 0.05) is 6.92 Å². The molecule has 0 spiro atoms. The van der Waals surface area contributed by atoms with Crippen LogP contribution in [0.5, 0.6) is 0 Å². The van der Waals surface area contributed by atoms with E-state index in [9.17, 15) is 9.18 Å². The first-order chi connectivity index (χ1) is 13.6. The number of aromatic nitrogens is 2. The highest BCUT2D eigenvalue weighted by molar-refractivity contribution is 5.92. The van der Waals surface area contributed by atoms with E-state index in [1.54, 1.807) is 37.3 Å². The Hall–Kier alpha value is -2.96. The molecule has 1 amide bonds. The van der Waals surface area contributed by atoms with Crippen molar-refractivity contribution in [2.75, 3.05) is 0 Å². The Bertz CT molecular complexity index is 971. The zero-order chi connectivity index (χ0) is 19.6. The molecule has 0 unspecified atom stereocenters. The Kier molecular flexibility index (Phi) is 4.98. The van der Waals surface area contributed by atoms with Gasteiger partial charge in [-0.25, -0.2) is 4.39 Å². The smallest absolute Gasteiger partial charge is 0.287 e. The first-order valence-corrected chi connectivity index (χ1v) is 9.55. The third-order valence-corrected chi connectivity index (χ3v) is 5.23. The molecule has 0 bridgehead atoms. The van der Waals surface area contributed by atoms with Crippen LogP contribution in [-0.4, -0.2) is 16.0 Å². The molecule has 3 aromatic rings. The summed E-state index contributed by atoms with van der Waals surface area (Å²) in [6.45, 7) is 1.73. The second-order valence-corrected chi connectivity index (χ2v) is 7.23. The third-order valence-electron chi connectivity index (χ3n) is 5.23. The van der Waals surface area contributed by atoms with Gasteiger partial charge in [-0.3, -0.25) is 4.79 Å². The Labute approximate surface area is 162 Å². The zero-order valence-corrected chi connectivity index (χ0v) is 15.7. The Morgan fingerprint density at radius 1 is 1.11 bits per heavy atom. The Morgan fingerprint density at radius 3 is 2.54 bits per heavy atom. The molecule has 2 aromatic heterocycles. The molecule has 0 radical (unpaired) electrons. The maximum atomic E-state index is 14.0. The van der Waals surface area contributed by atoms with E-state index in [0.29, 0.717) is 23.0 Å². The molecule has 1 saturated carbocycles. The van der Waals surface area contributed by atoms with Crippen molar-refractivity contribution in [3.05, 3.63) is 59.7 Å². The van der Waals surface area contributed by atoms with E-state index >= 15 is 0 Å². The molecule has 7 heteroatoms. The van der Waals surface area contributed by atoms with Gasteiger partial charge in [0.05, 0.1) is 5.56 Å². The summed E-state index contributed by atoms with van der Waals surface area (Å²) in [5.74, 6) is 0.641. The van der Waals surface area contributed by atoms with Crippen molar-refractivity contribution >= 4 is 5.91 Å². The number of halogens is 1. The number of nitrogens with one attached hydrogen (secondary N) is 1. The van der Waals surface area contributed by atoms with E-state index in [4.69, 9.17) is 8.94 Å². The number of nitrogens with zero attached hydrogens (tertiary/aromatic N) is 2. The van der Waals surface area contributed by atoms with Crippen LogP contribution in [0, 0.1) is 12.7 Å². The number of carbonyl (C=O) groups is 1. The summed E-state index contributed by atoms with van der Waals surface area (Å²) in [4.78, 5) is 17.3. The third kappa shape index (κ3) is 3.56. The average molecular weight is 383 g/mol. The van der Waals surface area contributed by atoms with Crippen LogP contribution in [0.3, 0.4) is 0 Å². The summed E-state index contributed by atoms with van der Waals surface area (Å²) in [6, 6.07) is 9.47. The molecule has 1 aromatic carbocycles. The molecule has 28 heavy (non-hydrogen) atoms. The minimum atomic E-state index is -0.684. The van der Waals surface area contributed by atoms with Crippen molar-refractivity contribution in [2.24, 2.45) is 0 Å². The molecular formula is C21H22FN3O3. The van der Waals surface area contributed by atoms with Crippen LogP contribution in [-0.2, 0) is 5.54 Å². The molecule has 1 fully saturated rings. The highest BCUT2D eigenvalue weighted by Gasteiger charge is 2.39. The van der Waals surface area contributed by atoms with Crippen molar-refractivity contribution in [3.63, 3.8) is 0 Å². The minimum absolute atomic E-state index is 0.127. The lowest BCUT2D eigenvalue weighted by Gasteiger charge is -2.30. The zero-order valence-electron chi connectivity index (χ0n) is 15.7. The lowest BCUT2D eigenvalue weighted by Crippen LogP contribution is -2.46. The molecule has 6 nitrogen and oxygen atoms in total. The van der Waals surface area contributed by atoms with Crippen molar-refractivity contribution in [2.45, 2.75) is 51.0 Å². The molecule has 1 aliphatic carbocycles. The molecular weight excluding hydrogens is 361 g/mol. The standard InChI is InChI=1S/C21H22FN3O3/c1-14-23-20(25-28-14)21(12-6-2-3-7-13-21)24-19(26)18-11-10-17(27-18)15-8-4-5-9-16(15)22/h4-5,8-11H,2-3,6-7,12-13H2,1H3,(H,24,26). The van der Waals surface area contributed by atoms with Crippen LogP contribution < -0.4 is 5.32 Å². The second-order valence-electron chi connectivity index (χ2n) is 7.23. The van der Waals surface area contributed by atoms with Crippen LogP contribution in [0.2, 0.25) is 0 Å². The summed E-state index contributed by atoms with van der Waals surface area (Å²) >= 11 is 0. The monoisotopic (exact) mass is 383 g/mol. The van der Waals surface area contributed by atoms with E-state index in [1.807, 2.05) is 0 Å². The highest BCUT2D eigenvalue weighted by atomic mass is 19.1. The molecule has 1 aliphatic rings. The quantitative estimate of drug-likeness (QED) is 0.657. The first-order valence-electron chi connectivity index (χ1n) is 9.55. The summed E-state index contributed by atoms with van der Waals surface area (Å²) in [7, 11) is 0. The maximum absolute atomic E-state index is 14.0. The minimum Gasteiger partial charge on any atom is -0.451 e. The normalized spacial score (nSPS) is 16.5. The van der Waals surface area contributed by atoms with Gasteiger partial charge in [0.2, 0.25) is 5.89 Å². The average Bonchev–Trinajstić information content (AvgIpc) is 3.28. The van der Waals surface area contributed by atoms with E-state index in [-0.39, 0.29) is 11.7 Å². The van der Waals surface area contributed by atoms with Crippen molar-refractivity contribution < 1.29 is 18.1 Å². The van der Waals surface area contributed by atoms with Gasteiger partial charge in [-0.1, -0.05) is 43.0 Å². The lowest BCUT2D eigenvalue weighted by atomic mass is 9.89. The number of benzene rings is 1. The number of hydrogen-bond donors (Lipinski definition) is 1. The van der Waals surface area contributed by atoms with Crippen LogP contribution in [0.4, 0.5) is 4.39 Å². The molecule has 4 rings (SSSR count). The Balaban J connectivity index is 1.61. The van der Waals surface area contributed by atoms with Crippen molar-refractivity contribution in [3.8, 4) is 11.3 Å². The second kappa shape index (κ2) is 7.58. The van der Waals surface area contributed by atoms with Gasteiger partial charge in [0.15, 0.2) is 11.6 Å². The molecule has 0 atom stereocenters. The summed E-state index contributed by atoms with van der Waals surface area (Å²) in [5.41, 5.74) is -0.365. The SMILES string of the molecule is Cc1nc(C2(NC(=O)c3ccc(-c4ccccc4F)o3)CCCCCC2)no1. The van der Waals surface area contributed by atoms with Gasteiger partial charge in [0.25, 0.3) is 5.91 Å². The van der Waals surface area contributed by atoms with Crippen molar-refractivity contribution in [1.82, 2.24) is 15.5 Å². The topological polar surface area (TPSA) is 81.2 Å². The van der Waals surface area contributed by atoms with E-state index in [0.717, 1.165) is 38.5 Å². The van der Waals surface area contributed by atoms with Gasteiger partial charge in [-0.2, -0.15) is 4.98 Å².